The molecule has 1 saturated heterocycles. The molecule has 2 heterocycles. The van der Waals surface area contributed by atoms with E-state index in [1.165, 1.54) is 13.3 Å². The average molecular weight is 235 g/mol. The molecule has 1 aliphatic heterocycles. The van der Waals surface area contributed by atoms with Crippen molar-refractivity contribution in [1.82, 2.24) is 9.97 Å². The summed E-state index contributed by atoms with van der Waals surface area (Å²) in [7, 11) is 1.28. The first kappa shape index (κ1) is 11.5. The summed E-state index contributed by atoms with van der Waals surface area (Å²) in [6.07, 6.45) is 2.93. The maximum Gasteiger partial charge on any atom is 0.376 e. The number of carbonyl (C=O) groups excluding carboxylic acids is 2. The standard InChI is InChI=1S/C11H13N3O3/c1-17-11(16)10-12-5-4-9(13-10)14-6-2-3-8(15)7-14/h4-5H,2-3,6-7H2,1H3. The molecule has 0 bridgehead atoms. The van der Waals surface area contributed by atoms with E-state index in [0.29, 0.717) is 18.8 Å². The summed E-state index contributed by atoms with van der Waals surface area (Å²) < 4.78 is 4.55. The summed E-state index contributed by atoms with van der Waals surface area (Å²) in [5.74, 6) is 0.223. The number of rotatable bonds is 2. The van der Waals surface area contributed by atoms with E-state index >= 15 is 0 Å². The van der Waals surface area contributed by atoms with Gasteiger partial charge in [-0.3, -0.25) is 4.79 Å². The third-order valence-electron chi connectivity index (χ3n) is 2.58. The molecule has 1 aromatic rings. The van der Waals surface area contributed by atoms with Crippen molar-refractivity contribution >= 4 is 17.6 Å². The van der Waals surface area contributed by atoms with Gasteiger partial charge in [0.05, 0.1) is 13.7 Å². The Morgan fingerprint density at radius 2 is 2.35 bits per heavy atom. The second-order valence-corrected chi connectivity index (χ2v) is 3.79. The van der Waals surface area contributed by atoms with E-state index in [1.54, 1.807) is 6.07 Å². The Morgan fingerprint density at radius 3 is 3.06 bits per heavy atom. The van der Waals surface area contributed by atoms with E-state index in [2.05, 4.69) is 14.7 Å². The Morgan fingerprint density at radius 1 is 1.53 bits per heavy atom. The number of methoxy groups -OCH3 is 1. The minimum absolute atomic E-state index is 0.0167. The van der Waals surface area contributed by atoms with Gasteiger partial charge in [0.15, 0.2) is 5.78 Å². The quantitative estimate of drug-likeness (QED) is 0.692. The van der Waals surface area contributed by atoms with E-state index in [4.69, 9.17) is 0 Å². The summed E-state index contributed by atoms with van der Waals surface area (Å²) in [6, 6.07) is 1.69. The van der Waals surface area contributed by atoms with Crippen LogP contribution in [0.2, 0.25) is 0 Å². The Labute approximate surface area is 98.6 Å². The number of hydrogen-bond donors (Lipinski definition) is 0. The highest BCUT2D eigenvalue weighted by Crippen LogP contribution is 2.15. The third-order valence-corrected chi connectivity index (χ3v) is 2.58. The molecule has 90 valence electrons. The van der Waals surface area contributed by atoms with Crippen molar-refractivity contribution in [3.05, 3.63) is 18.1 Å². The number of anilines is 1. The minimum atomic E-state index is -0.574. The van der Waals surface area contributed by atoms with E-state index in [1.807, 2.05) is 4.90 Å². The van der Waals surface area contributed by atoms with Crippen LogP contribution < -0.4 is 4.90 Å². The van der Waals surface area contributed by atoms with Crippen LogP contribution in [0.4, 0.5) is 5.82 Å². The maximum atomic E-state index is 11.3. The van der Waals surface area contributed by atoms with Crippen LogP contribution in [-0.4, -0.2) is 41.9 Å². The SMILES string of the molecule is COC(=O)c1nccc(N2CCCC(=O)C2)n1. The van der Waals surface area contributed by atoms with Crippen molar-refractivity contribution in [3.63, 3.8) is 0 Å². The van der Waals surface area contributed by atoms with Crippen LogP contribution in [0.1, 0.15) is 23.5 Å². The number of nitrogens with zero attached hydrogens (tertiary/aromatic N) is 3. The molecule has 1 aromatic heterocycles. The number of piperidine rings is 1. The highest BCUT2D eigenvalue weighted by molar-refractivity contribution is 5.86. The highest BCUT2D eigenvalue weighted by Gasteiger charge is 2.19. The maximum absolute atomic E-state index is 11.3. The fourth-order valence-corrected chi connectivity index (χ4v) is 1.75. The molecule has 0 N–H and O–H groups in total. The Kier molecular flexibility index (Phi) is 3.32. The van der Waals surface area contributed by atoms with E-state index < -0.39 is 5.97 Å². The molecule has 0 amide bonds. The number of ketones is 1. The van der Waals surface area contributed by atoms with Crippen molar-refractivity contribution < 1.29 is 14.3 Å². The molecule has 0 unspecified atom stereocenters. The smallest absolute Gasteiger partial charge is 0.376 e. The summed E-state index contributed by atoms with van der Waals surface area (Å²) >= 11 is 0. The van der Waals surface area contributed by atoms with Gasteiger partial charge >= 0.3 is 5.97 Å². The van der Waals surface area contributed by atoms with Gasteiger partial charge in [-0.15, -0.1) is 0 Å². The first-order chi connectivity index (χ1) is 8.20. The molecule has 0 atom stereocenters. The Balaban J connectivity index is 2.20. The van der Waals surface area contributed by atoms with Gasteiger partial charge in [0.2, 0.25) is 5.82 Å². The molecule has 0 radical (unpaired) electrons. The predicted molar refractivity (Wildman–Crippen MR) is 59.8 cm³/mol. The monoisotopic (exact) mass is 235 g/mol. The zero-order valence-corrected chi connectivity index (χ0v) is 9.55. The van der Waals surface area contributed by atoms with Crippen molar-refractivity contribution in [3.8, 4) is 0 Å². The van der Waals surface area contributed by atoms with Gasteiger partial charge in [0.25, 0.3) is 0 Å². The second kappa shape index (κ2) is 4.90. The van der Waals surface area contributed by atoms with Crippen LogP contribution in [0, 0.1) is 0 Å². The molecule has 1 fully saturated rings. The normalized spacial score (nSPS) is 15.8. The molecule has 0 saturated carbocycles. The second-order valence-electron chi connectivity index (χ2n) is 3.79. The number of carbonyl (C=O) groups is 2. The van der Waals surface area contributed by atoms with Gasteiger partial charge in [-0.05, 0) is 12.5 Å². The Hall–Kier alpha value is -1.98. The molecule has 6 heteroatoms. The lowest BCUT2D eigenvalue weighted by Crippen LogP contribution is -2.36. The lowest BCUT2D eigenvalue weighted by Gasteiger charge is -2.26. The van der Waals surface area contributed by atoms with Crippen molar-refractivity contribution in [2.75, 3.05) is 25.1 Å². The number of ether oxygens (including phenoxy) is 1. The van der Waals surface area contributed by atoms with Gasteiger partial charge in [-0.1, -0.05) is 0 Å². The van der Waals surface area contributed by atoms with Crippen molar-refractivity contribution in [2.24, 2.45) is 0 Å². The average Bonchev–Trinajstić information content (AvgIpc) is 2.38. The third kappa shape index (κ3) is 2.58. The molecule has 17 heavy (non-hydrogen) atoms. The Bertz CT molecular complexity index is 447. The molecule has 2 rings (SSSR count). The van der Waals surface area contributed by atoms with Crippen LogP contribution in [-0.2, 0) is 9.53 Å². The molecule has 1 aliphatic rings. The lowest BCUT2D eigenvalue weighted by atomic mass is 10.1. The van der Waals surface area contributed by atoms with Crippen molar-refractivity contribution in [2.45, 2.75) is 12.8 Å². The van der Waals surface area contributed by atoms with E-state index in [9.17, 15) is 9.59 Å². The summed E-state index contributed by atoms with van der Waals surface area (Å²) in [6.45, 7) is 1.11. The first-order valence-corrected chi connectivity index (χ1v) is 5.38. The summed E-state index contributed by atoms with van der Waals surface area (Å²) in [5, 5.41) is 0. The van der Waals surface area contributed by atoms with Crippen LogP contribution in [0.25, 0.3) is 0 Å². The number of hydrogen-bond acceptors (Lipinski definition) is 6. The fraction of sp³-hybridized carbons (Fsp3) is 0.455. The van der Waals surface area contributed by atoms with Crippen LogP contribution in [0.15, 0.2) is 12.3 Å². The van der Waals surface area contributed by atoms with Gasteiger partial charge in [-0.25, -0.2) is 14.8 Å². The summed E-state index contributed by atoms with van der Waals surface area (Å²) in [5.41, 5.74) is 0. The number of aromatic nitrogens is 2. The van der Waals surface area contributed by atoms with E-state index in [-0.39, 0.29) is 11.6 Å². The van der Waals surface area contributed by atoms with Crippen LogP contribution >= 0.6 is 0 Å². The lowest BCUT2D eigenvalue weighted by molar-refractivity contribution is -0.118. The number of esters is 1. The van der Waals surface area contributed by atoms with Gasteiger partial charge in [0.1, 0.15) is 5.82 Å². The molecule has 0 aromatic carbocycles. The van der Waals surface area contributed by atoms with Gasteiger partial charge < -0.3 is 9.64 Å². The molecule has 0 aliphatic carbocycles. The van der Waals surface area contributed by atoms with Crippen LogP contribution in [0.5, 0.6) is 0 Å². The van der Waals surface area contributed by atoms with Gasteiger partial charge in [0, 0.05) is 19.2 Å². The highest BCUT2D eigenvalue weighted by atomic mass is 16.5. The van der Waals surface area contributed by atoms with Crippen molar-refractivity contribution in [1.29, 1.82) is 0 Å². The minimum Gasteiger partial charge on any atom is -0.463 e. The van der Waals surface area contributed by atoms with Gasteiger partial charge in [-0.2, -0.15) is 0 Å². The van der Waals surface area contributed by atoms with Crippen LogP contribution in [0.3, 0.4) is 0 Å². The molecular formula is C11H13N3O3. The largest absolute Gasteiger partial charge is 0.463 e. The number of Topliss-reactive ketones (excluding diaryl/α,β-unsaturated/α-hetero) is 1. The first-order valence-electron chi connectivity index (χ1n) is 5.38. The fourth-order valence-electron chi connectivity index (χ4n) is 1.75. The molecule has 6 nitrogen and oxygen atoms in total. The molecular weight excluding hydrogens is 222 g/mol. The molecule has 0 spiro atoms. The predicted octanol–water partition coefficient (Wildman–Crippen LogP) is 0.432. The summed E-state index contributed by atoms with van der Waals surface area (Å²) in [4.78, 5) is 32.4. The zero-order chi connectivity index (χ0) is 12.3. The topological polar surface area (TPSA) is 72.4 Å². The van der Waals surface area contributed by atoms with E-state index in [0.717, 1.165) is 13.0 Å². The zero-order valence-electron chi connectivity index (χ0n) is 9.55.